The molecule has 0 bridgehead atoms. The van der Waals surface area contributed by atoms with Gasteiger partial charge in [-0.05, 0) is 18.9 Å². The lowest BCUT2D eigenvalue weighted by Crippen LogP contribution is -2.51. The van der Waals surface area contributed by atoms with Crippen molar-refractivity contribution in [2.75, 3.05) is 6.54 Å². The smallest absolute Gasteiger partial charge is 0.254 e. The number of rotatable bonds is 3. The van der Waals surface area contributed by atoms with E-state index in [1.54, 1.807) is 0 Å². The molecule has 1 aromatic rings. The molecule has 1 aliphatic carbocycles. The number of carbonyl (C=O) groups is 1. The van der Waals surface area contributed by atoms with Gasteiger partial charge in [0.15, 0.2) is 17.4 Å². The average molecular weight is 339 g/mol. The second kappa shape index (κ2) is 7.19. The number of nitrogens with two attached hydrogens (primary N) is 1. The summed E-state index contributed by atoms with van der Waals surface area (Å²) in [5, 5.41) is 11.5. The first-order valence-electron chi connectivity index (χ1n) is 6.77. The van der Waals surface area contributed by atoms with E-state index < -0.39 is 40.2 Å². The van der Waals surface area contributed by atoms with Crippen LogP contribution in [0.4, 0.5) is 13.2 Å². The van der Waals surface area contributed by atoms with Crippen molar-refractivity contribution >= 4 is 18.3 Å². The second-order valence-corrected chi connectivity index (χ2v) is 5.49. The van der Waals surface area contributed by atoms with Gasteiger partial charge in [-0.3, -0.25) is 4.79 Å². The van der Waals surface area contributed by atoms with Gasteiger partial charge in [0.1, 0.15) is 0 Å². The lowest BCUT2D eigenvalue weighted by atomic mass is 9.82. The van der Waals surface area contributed by atoms with Crippen LogP contribution in [-0.4, -0.2) is 23.1 Å². The van der Waals surface area contributed by atoms with Crippen molar-refractivity contribution in [3.63, 3.8) is 0 Å². The van der Waals surface area contributed by atoms with Gasteiger partial charge in [-0.15, -0.1) is 12.4 Å². The monoisotopic (exact) mass is 338 g/mol. The molecule has 2 rings (SSSR count). The molecule has 1 fully saturated rings. The van der Waals surface area contributed by atoms with E-state index in [-0.39, 0.29) is 19.0 Å². The molecule has 0 saturated heterocycles. The van der Waals surface area contributed by atoms with Crippen LogP contribution in [0.1, 0.15) is 42.5 Å². The van der Waals surface area contributed by atoms with Crippen molar-refractivity contribution < 1.29 is 23.1 Å². The third-order valence-corrected chi connectivity index (χ3v) is 3.83. The molecule has 0 spiro atoms. The van der Waals surface area contributed by atoms with E-state index in [0.29, 0.717) is 6.07 Å². The molecule has 8 heteroatoms. The number of benzene rings is 1. The Bertz CT molecular complexity index is 564. The number of carbonyl (C=O) groups excluding carboxylic acids is 1. The summed E-state index contributed by atoms with van der Waals surface area (Å²) in [4.78, 5) is 11.9. The summed E-state index contributed by atoms with van der Waals surface area (Å²) in [7, 11) is 0. The number of amides is 1. The topological polar surface area (TPSA) is 75.3 Å². The first-order valence-corrected chi connectivity index (χ1v) is 6.77. The van der Waals surface area contributed by atoms with Crippen LogP contribution in [-0.2, 0) is 0 Å². The van der Waals surface area contributed by atoms with Crippen molar-refractivity contribution in [2.24, 2.45) is 5.73 Å². The number of hydrogen-bond acceptors (Lipinski definition) is 3. The van der Waals surface area contributed by atoms with E-state index >= 15 is 0 Å². The summed E-state index contributed by atoms with van der Waals surface area (Å²) in [6, 6.07) is 0.420. The predicted octanol–water partition coefficient (Wildman–Crippen LogP) is 2.62. The van der Waals surface area contributed by atoms with Crippen LogP contribution >= 0.6 is 12.4 Å². The summed E-state index contributed by atoms with van der Waals surface area (Å²) >= 11 is 0. The molecule has 1 aromatic carbocycles. The Kier molecular flexibility index (Phi) is 6.08. The van der Waals surface area contributed by atoms with Gasteiger partial charge in [0.05, 0.1) is 5.56 Å². The third kappa shape index (κ3) is 3.84. The van der Waals surface area contributed by atoms with Crippen LogP contribution in [0.25, 0.3) is 0 Å². The maximum atomic E-state index is 13.6. The first kappa shape index (κ1) is 18.6. The number of aromatic hydroxyl groups is 1. The Balaban J connectivity index is 0.00000242. The number of halogens is 4. The number of phenolic OH excluding ortho intramolecular Hbond substituents is 1. The van der Waals surface area contributed by atoms with Crippen molar-refractivity contribution in [2.45, 2.75) is 37.6 Å². The van der Waals surface area contributed by atoms with Gasteiger partial charge in [0.2, 0.25) is 5.82 Å². The Morgan fingerprint density at radius 1 is 1.23 bits per heavy atom. The highest BCUT2D eigenvalue weighted by Gasteiger charge is 2.29. The maximum absolute atomic E-state index is 13.6. The minimum absolute atomic E-state index is 0. The van der Waals surface area contributed by atoms with E-state index in [4.69, 9.17) is 10.8 Å². The lowest BCUT2D eigenvalue weighted by Gasteiger charge is -2.33. The van der Waals surface area contributed by atoms with Gasteiger partial charge < -0.3 is 16.2 Å². The van der Waals surface area contributed by atoms with Gasteiger partial charge in [-0.1, -0.05) is 19.3 Å². The summed E-state index contributed by atoms with van der Waals surface area (Å²) in [5.41, 5.74) is 4.81. The van der Waals surface area contributed by atoms with Crippen LogP contribution in [0.5, 0.6) is 5.75 Å². The van der Waals surface area contributed by atoms with Crippen molar-refractivity contribution in [3.8, 4) is 5.75 Å². The predicted molar refractivity (Wildman–Crippen MR) is 77.6 cm³/mol. The average Bonchev–Trinajstić information content (AvgIpc) is 2.47. The number of hydrogen-bond donors (Lipinski definition) is 3. The number of nitrogens with one attached hydrogen (secondary N) is 1. The molecule has 0 heterocycles. The molecule has 0 unspecified atom stereocenters. The highest BCUT2D eigenvalue weighted by atomic mass is 35.5. The highest BCUT2D eigenvalue weighted by molar-refractivity contribution is 5.95. The van der Waals surface area contributed by atoms with E-state index in [0.717, 1.165) is 32.1 Å². The van der Waals surface area contributed by atoms with Crippen LogP contribution in [0.3, 0.4) is 0 Å². The van der Waals surface area contributed by atoms with Gasteiger partial charge >= 0.3 is 0 Å². The standard InChI is InChI=1S/C14H17F3N2O2.ClH/c15-9-6-8(10(16)12(20)11(9)17)13(21)19-7-14(18)4-2-1-3-5-14;/h6,20H,1-5,7,18H2,(H,19,21);1H. The van der Waals surface area contributed by atoms with E-state index in [2.05, 4.69) is 5.32 Å². The van der Waals surface area contributed by atoms with E-state index in [1.807, 2.05) is 0 Å². The Morgan fingerprint density at radius 3 is 2.41 bits per heavy atom. The van der Waals surface area contributed by atoms with Crippen LogP contribution in [0, 0.1) is 17.5 Å². The molecule has 22 heavy (non-hydrogen) atoms. The largest absolute Gasteiger partial charge is 0.503 e. The minimum Gasteiger partial charge on any atom is -0.503 e. The van der Waals surface area contributed by atoms with Crippen LogP contribution in [0.2, 0.25) is 0 Å². The zero-order chi connectivity index (χ0) is 15.6. The molecular formula is C14H18ClF3N2O2. The lowest BCUT2D eigenvalue weighted by molar-refractivity contribution is 0.0932. The summed E-state index contributed by atoms with van der Waals surface area (Å²) in [6.45, 7) is 0.116. The molecule has 0 aromatic heterocycles. The molecule has 0 radical (unpaired) electrons. The Morgan fingerprint density at radius 2 is 1.82 bits per heavy atom. The minimum atomic E-state index is -1.72. The highest BCUT2D eigenvalue weighted by Crippen LogP contribution is 2.27. The van der Waals surface area contributed by atoms with E-state index in [1.165, 1.54) is 0 Å². The van der Waals surface area contributed by atoms with Gasteiger partial charge in [0.25, 0.3) is 5.91 Å². The van der Waals surface area contributed by atoms with Gasteiger partial charge in [0, 0.05) is 12.1 Å². The van der Waals surface area contributed by atoms with Crippen molar-refractivity contribution in [1.29, 1.82) is 0 Å². The Hall–Kier alpha value is -1.47. The SMILES string of the molecule is Cl.NC1(CNC(=O)c2cc(F)c(F)c(O)c2F)CCCCC1. The molecule has 4 nitrogen and oxygen atoms in total. The zero-order valence-electron chi connectivity index (χ0n) is 11.8. The van der Waals surface area contributed by atoms with Gasteiger partial charge in [-0.2, -0.15) is 4.39 Å². The van der Waals surface area contributed by atoms with Crippen molar-refractivity contribution in [3.05, 3.63) is 29.1 Å². The normalized spacial score (nSPS) is 16.7. The van der Waals surface area contributed by atoms with Gasteiger partial charge in [-0.25, -0.2) is 8.78 Å². The third-order valence-electron chi connectivity index (χ3n) is 3.83. The fourth-order valence-corrected chi connectivity index (χ4v) is 2.54. The quantitative estimate of drug-likeness (QED) is 0.742. The fraction of sp³-hybridized carbons (Fsp3) is 0.500. The molecule has 0 atom stereocenters. The number of phenols is 1. The molecule has 124 valence electrons. The zero-order valence-corrected chi connectivity index (χ0v) is 12.6. The Labute approximate surface area is 132 Å². The molecule has 0 aliphatic heterocycles. The second-order valence-electron chi connectivity index (χ2n) is 5.49. The fourth-order valence-electron chi connectivity index (χ4n) is 2.54. The van der Waals surface area contributed by atoms with Crippen LogP contribution in [0.15, 0.2) is 6.07 Å². The molecule has 1 aliphatic rings. The van der Waals surface area contributed by atoms with E-state index in [9.17, 15) is 18.0 Å². The maximum Gasteiger partial charge on any atom is 0.254 e. The molecule has 1 saturated carbocycles. The molecular weight excluding hydrogens is 321 g/mol. The van der Waals surface area contributed by atoms with Crippen molar-refractivity contribution in [1.82, 2.24) is 5.32 Å². The summed E-state index contributed by atoms with van der Waals surface area (Å²) in [5.74, 6) is -7.12. The first-order chi connectivity index (χ1) is 9.84. The molecule has 1 amide bonds. The van der Waals surface area contributed by atoms with Crippen LogP contribution < -0.4 is 11.1 Å². The molecule has 4 N–H and O–H groups in total. The summed E-state index contributed by atoms with van der Waals surface area (Å²) < 4.78 is 39.7. The summed E-state index contributed by atoms with van der Waals surface area (Å²) in [6.07, 6.45) is 4.45.